The first-order valence-corrected chi connectivity index (χ1v) is 6.67. The number of carbonyl (C=O) groups is 1. The summed E-state index contributed by atoms with van der Waals surface area (Å²) in [6, 6.07) is 7.58. The van der Waals surface area contributed by atoms with Gasteiger partial charge in [0, 0.05) is 5.56 Å². The maximum absolute atomic E-state index is 12.3. The van der Waals surface area contributed by atoms with Crippen molar-refractivity contribution in [2.24, 2.45) is 0 Å². The number of hydrogen-bond acceptors (Lipinski definition) is 6. The van der Waals surface area contributed by atoms with Crippen LogP contribution in [-0.2, 0) is 4.79 Å². The molecule has 1 atom stereocenters. The molecule has 1 unspecified atom stereocenters. The van der Waals surface area contributed by atoms with E-state index >= 15 is 0 Å². The number of anilines is 2. The first-order chi connectivity index (χ1) is 9.24. The predicted octanol–water partition coefficient (Wildman–Crippen LogP) is 1.63. The van der Waals surface area contributed by atoms with Crippen LogP contribution >= 0.6 is 11.3 Å². The molecule has 1 aliphatic heterocycles. The Morgan fingerprint density at radius 1 is 1.42 bits per heavy atom. The molecule has 1 aliphatic rings. The van der Waals surface area contributed by atoms with Gasteiger partial charge in [0.05, 0.1) is 12.5 Å². The van der Waals surface area contributed by atoms with Gasteiger partial charge in [-0.15, -0.1) is 10.2 Å². The topological polar surface area (TPSA) is 90.1 Å². The SMILES string of the molecule is Nc1nnc(NC(=O)C2CCOc3ccccc32)s1. The second kappa shape index (κ2) is 4.85. The standard InChI is InChI=1S/C12H12N4O2S/c13-11-15-16-12(19-11)14-10(17)8-5-6-18-9-4-2-1-3-7(8)9/h1-4,8H,5-6H2,(H2,13,15)(H,14,16,17). The average molecular weight is 276 g/mol. The van der Waals surface area contributed by atoms with Crippen LogP contribution in [0, 0.1) is 0 Å². The van der Waals surface area contributed by atoms with Crippen molar-refractivity contribution in [3.8, 4) is 5.75 Å². The maximum atomic E-state index is 12.3. The van der Waals surface area contributed by atoms with E-state index in [0.29, 0.717) is 23.3 Å². The molecule has 2 heterocycles. The summed E-state index contributed by atoms with van der Waals surface area (Å²) in [4.78, 5) is 12.3. The van der Waals surface area contributed by atoms with E-state index in [4.69, 9.17) is 10.5 Å². The summed E-state index contributed by atoms with van der Waals surface area (Å²) in [5, 5.41) is 11.0. The number of nitrogens with two attached hydrogens (primary N) is 1. The van der Waals surface area contributed by atoms with Crippen molar-refractivity contribution < 1.29 is 9.53 Å². The molecule has 6 nitrogen and oxygen atoms in total. The van der Waals surface area contributed by atoms with Crippen LogP contribution in [0.3, 0.4) is 0 Å². The first kappa shape index (κ1) is 11.9. The highest BCUT2D eigenvalue weighted by Crippen LogP contribution is 2.34. The van der Waals surface area contributed by atoms with Gasteiger partial charge in [0.25, 0.3) is 0 Å². The van der Waals surface area contributed by atoms with Crippen molar-refractivity contribution in [3.05, 3.63) is 29.8 Å². The van der Waals surface area contributed by atoms with E-state index in [1.807, 2.05) is 24.3 Å². The van der Waals surface area contributed by atoms with Crippen LogP contribution in [-0.4, -0.2) is 22.7 Å². The summed E-state index contributed by atoms with van der Waals surface area (Å²) < 4.78 is 5.53. The van der Waals surface area contributed by atoms with E-state index in [0.717, 1.165) is 22.6 Å². The minimum atomic E-state index is -0.227. The Bertz CT molecular complexity index is 613. The Morgan fingerprint density at radius 3 is 3.05 bits per heavy atom. The highest BCUT2D eigenvalue weighted by atomic mass is 32.1. The summed E-state index contributed by atoms with van der Waals surface area (Å²) in [6.07, 6.45) is 0.650. The average Bonchev–Trinajstić information content (AvgIpc) is 2.83. The number of carbonyl (C=O) groups excluding carboxylic acids is 1. The molecule has 1 aromatic carbocycles. The number of hydrogen-bond donors (Lipinski definition) is 2. The molecule has 98 valence electrons. The summed E-state index contributed by atoms with van der Waals surface area (Å²) in [5.41, 5.74) is 6.39. The minimum absolute atomic E-state index is 0.105. The van der Waals surface area contributed by atoms with Crippen molar-refractivity contribution >= 4 is 27.5 Å². The molecule has 7 heteroatoms. The van der Waals surface area contributed by atoms with Crippen molar-refractivity contribution in [1.82, 2.24) is 10.2 Å². The largest absolute Gasteiger partial charge is 0.493 e. The van der Waals surface area contributed by atoms with E-state index in [-0.39, 0.29) is 11.8 Å². The molecule has 19 heavy (non-hydrogen) atoms. The van der Waals surface area contributed by atoms with Gasteiger partial charge in [0.1, 0.15) is 5.75 Å². The van der Waals surface area contributed by atoms with Gasteiger partial charge in [-0.3, -0.25) is 10.1 Å². The predicted molar refractivity (Wildman–Crippen MR) is 72.2 cm³/mol. The monoisotopic (exact) mass is 276 g/mol. The Labute approximate surface area is 113 Å². The molecule has 1 amide bonds. The fourth-order valence-electron chi connectivity index (χ4n) is 2.09. The van der Waals surface area contributed by atoms with Crippen molar-refractivity contribution in [1.29, 1.82) is 0 Å². The number of nitrogen functional groups attached to an aromatic ring is 1. The molecule has 0 saturated carbocycles. The maximum Gasteiger partial charge on any atom is 0.234 e. The molecule has 3 rings (SSSR count). The van der Waals surface area contributed by atoms with Gasteiger partial charge in [-0.25, -0.2) is 0 Å². The Hall–Kier alpha value is -2.15. The molecule has 0 fully saturated rings. The number of ether oxygens (including phenoxy) is 1. The number of nitrogens with one attached hydrogen (secondary N) is 1. The minimum Gasteiger partial charge on any atom is -0.493 e. The van der Waals surface area contributed by atoms with Gasteiger partial charge in [-0.05, 0) is 12.5 Å². The fraction of sp³-hybridized carbons (Fsp3) is 0.250. The third-order valence-electron chi connectivity index (χ3n) is 2.95. The molecule has 0 spiro atoms. The quantitative estimate of drug-likeness (QED) is 0.870. The number of aromatic nitrogens is 2. The lowest BCUT2D eigenvalue weighted by Gasteiger charge is -2.24. The third kappa shape index (κ3) is 2.37. The summed E-state index contributed by atoms with van der Waals surface area (Å²) >= 11 is 1.15. The van der Waals surface area contributed by atoms with Gasteiger partial charge in [0.2, 0.25) is 16.2 Å². The van der Waals surface area contributed by atoms with Crippen LogP contribution in [0.5, 0.6) is 5.75 Å². The molecule has 3 N–H and O–H groups in total. The van der Waals surface area contributed by atoms with Crippen molar-refractivity contribution in [2.45, 2.75) is 12.3 Å². The molecule has 2 aromatic rings. The third-order valence-corrected chi connectivity index (χ3v) is 3.61. The van der Waals surface area contributed by atoms with Crippen LogP contribution in [0.4, 0.5) is 10.3 Å². The normalized spacial score (nSPS) is 17.4. The van der Waals surface area contributed by atoms with Crippen LogP contribution in [0.15, 0.2) is 24.3 Å². The van der Waals surface area contributed by atoms with E-state index in [1.165, 1.54) is 0 Å². The lowest BCUT2D eigenvalue weighted by Crippen LogP contribution is -2.26. The van der Waals surface area contributed by atoms with Gasteiger partial charge in [-0.2, -0.15) is 0 Å². The second-order valence-corrected chi connectivity index (χ2v) is 5.17. The van der Waals surface area contributed by atoms with E-state index < -0.39 is 0 Å². The van der Waals surface area contributed by atoms with Crippen molar-refractivity contribution in [3.63, 3.8) is 0 Å². The summed E-state index contributed by atoms with van der Waals surface area (Å²) in [6.45, 7) is 0.535. The van der Waals surface area contributed by atoms with Gasteiger partial charge in [-0.1, -0.05) is 29.5 Å². The number of rotatable bonds is 2. The van der Waals surface area contributed by atoms with Crippen LogP contribution in [0.1, 0.15) is 17.9 Å². The number of nitrogens with zero attached hydrogens (tertiary/aromatic N) is 2. The lowest BCUT2D eigenvalue weighted by atomic mass is 9.92. The molecule has 0 bridgehead atoms. The van der Waals surface area contributed by atoms with Gasteiger partial charge in [0.15, 0.2) is 0 Å². The Kier molecular flexibility index (Phi) is 3.04. The zero-order valence-electron chi connectivity index (χ0n) is 10.00. The highest BCUT2D eigenvalue weighted by molar-refractivity contribution is 7.18. The zero-order chi connectivity index (χ0) is 13.2. The van der Waals surface area contributed by atoms with E-state index in [9.17, 15) is 4.79 Å². The molecular weight excluding hydrogens is 264 g/mol. The van der Waals surface area contributed by atoms with Crippen molar-refractivity contribution in [2.75, 3.05) is 17.7 Å². The smallest absolute Gasteiger partial charge is 0.234 e. The zero-order valence-corrected chi connectivity index (χ0v) is 10.8. The second-order valence-electron chi connectivity index (χ2n) is 4.16. The number of benzene rings is 1. The highest BCUT2D eigenvalue weighted by Gasteiger charge is 2.27. The Morgan fingerprint density at radius 2 is 2.26 bits per heavy atom. The van der Waals surface area contributed by atoms with Crippen LogP contribution in [0.2, 0.25) is 0 Å². The van der Waals surface area contributed by atoms with Crippen LogP contribution in [0.25, 0.3) is 0 Å². The number of fused-ring (bicyclic) bond motifs is 1. The summed E-state index contributed by atoms with van der Waals surface area (Å²) in [5.74, 6) is 0.438. The summed E-state index contributed by atoms with van der Waals surface area (Å²) in [7, 11) is 0. The molecule has 0 radical (unpaired) electrons. The fourth-order valence-corrected chi connectivity index (χ4v) is 2.61. The Balaban J connectivity index is 1.81. The lowest BCUT2D eigenvalue weighted by molar-refractivity contribution is -0.118. The first-order valence-electron chi connectivity index (χ1n) is 5.85. The molecule has 1 aromatic heterocycles. The van der Waals surface area contributed by atoms with E-state index in [2.05, 4.69) is 15.5 Å². The van der Waals surface area contributed by atoms with Gasteiger partial charge < -0.3 is 10.5 Å². The molecule has 0 saturated heterocycles. The van der Waals surface area contributed by atoms with Gasteiger partial charge >= 0.3 is 0 Å². The van der Waals surface area contributed by atoms with Crippen LogP contribution < -0.4 is 15.8 Å². The van der Waals surface area contributed by atoms with E-state index in [1.54, 1.807) is 0 Å². The number of amides is 1. The molecule has 0 aliphatic carbocycles. The molecular formula is C12H12N4O2S. The number of para-hydroxylation sites is 1.